The fraction of sp³-hybridized carbons (Fsp3) is 0.0714. The van der Waals surface area contributed by atoms with E-state index in [1.54, 1.807) is 6.07 Å². The van der Waals surface area contributed by atoms with Crippen molar-refractivity contribution in [3.05, 3.63) is 58.1 Å². The molecule has 0 unspecified atom stereocenters. The first kappa shape index (κ1) is 14.9. The maximum Gasteiger partial charge on any atom is 0.417 e. The van der Waals surface area contributed by atoms with E-state index in [1.165, 1.54) is 24.3 Å². The van der Waals surface area contributed by atoms with E-state index in [2.05, 4.69) is 17.9 Å². The number of nitro benzene ring substituents is 1. The van der Waals surface area contributed by atoms with Crippen molar-refractivity contribution < 1.29 is 14.5 Å². The van der Waals surface area contributed by atoms with Gasteiger partial charge in [-0.05, 0) is 36.8 Å². The van der Waals surface area contributed by atoms with E-state index < -0.39 is 11.0 Å². The normalized spacial score (nSPS) is 10.0. The molecule has 108 valence electrons. The number of thiol groups is 1. The van der Waals surface area contributed by atoms with Gasteiger partial charge in [-0.2, -0.15) is 0 Å². The largest absolute Gasteiger partial charge is 0.417 e. The molecule has 0 radical (unpaired) electrons. The highest BCUT2D eigenvalue weighted by Crippen LogP contribution is 2.21. The molecule has 0 bridgehead atoms. The quantitative estimate of drug-likeness (QED) is 0.513. The number of carbonyl (C=O) groups is 1. The van der Waals surface area contributed by atoms with Crippen LogP contribution in [0.15, 0.2) is 47.4 Å². The topological polar surface area (TPSA) is 81.5 Å². The van der Waals surface area contributed by atoms with Crippen molar-refractivity contribution in [3.8, 4) is 5.75 Å². The first-order chi connectivity index (χ1) is 9.95. The molecule has 2 aromatic carbocycles. The Morgan fingerprint density at radius 2 is 1.90 bits per heavy atom. The summed E-state index contributed by atoms with van der Waals surface area (Å²) >= 11 is 4.20. The fourth-order valence-corrected chi connectivity index (χ4v) is 1.83. The Labute approximate surface area is 126 Å². The first-order valence-electron chi connectivity index (χ1n) is 5.98. The lowest BCUT2D eigenvalue weighted by molar-refractivity contribution is -0.384. The molecule has 0 aliphatic carbocycles. The van der Waals surface area contributed by atoms with Crippen LogP contribution in [0, 0.1) is 17.0 Å². The molecule has 6 nitrogen and oxygen atoms in total. The molecule has 0 atom stereocenters. The number of hydrogen-bond donors (Lipinski definition) is 2. The van der Waals surface area contributed by atoms with Gasteiger partial charge in [0.05, 0.1) is 4.92 Å². The number of ether oxygens (including phenoxy) is 1. The fourth-order valence-electron chi connectivity index (χ4n) is 1.62. The van der Waals surface area contributed by atoms with E-state index in [0.29, 0.717) is 10.6 Å². The maximum absolute atomic E-state index is 11.8. The molecule has 0 aliphatic rings. The first-order valence-corrected chi connectivity index (χ1v) is 6.43. The summed E-state index contributed by atoms with van der Waals surface area (Å²) in [5.41, 5.74) is 1.39. The summed E-state index contributed by atoms with van der Waals surface area (Å²) in [7, 11) is 0. The molecular weight excluding hydrogens is 292 g/mol. The predicted molar refractivity (Wildman–Crippen MR) is 81.2 cm³/mol. The zero-order chi connectivity index (χ0) is 15.4. The minimum atomic E-state index is -0.675. The van der Waals surface area contributed by atoms with Crippen molar-refractivity contribution in [3.63, 3.8) is 0 Å². The van der Waals surface area contributed by atoms with Gasteiger partial charge in [-0.3, -0.25) is 15.4 Å². The Bertz CT molecular complexity index is 686. The molecule has 21 heavy (non-hydrogen) atoms. The lowest BCUT2D eigenvalue weighted by Crippen LogP contribution is -2.17. The molecule has 7 heteroatoms. The summed E-state index contributed by atoms with van der Waals surface area (Å²) < 4.78 is 5.05. The summed E-state index contributed by atoms with van der Waals surface area (Å²) in [4.78, 5) is 22.5. The van der Waals surface area contributed by atoms with Crippen LogP contribution in [0.5, 0.6) is 5.75 Å². The van der Waals surface area contributed by atoms with Crippen LogP contribution in [0.25, 0.3) is 0 Å². The van der Waals surface area contributed by atoms with Gasteiger partial charge in [-0.1, -0.05) is 6.07 Å². The highest BCUT2D eigenvalue weighted by Gasteiger charge is 2.09. The summed E-state index contributed by atoms with van der Waals surface area (Å²) in [6.07, 6.45) is -0.675. The molecule has 2 aromatic rings. The second-order valence-electron chi connectivity index (χ2n) is 4.26. The second-order valence-corrected chi connectivity index (χ2v) is 4.78. The summed E-state index contributed by atoms with van der Waals surface area (Å²) in [5, 5.41) is 13.1. The smallest absolute Gasteiger partial charge is 0.410 e. The van der Waals surface area contributed by atoms with Crippen molar-refractivity contribution in [2.24, 2.45) is 0 Å². The number of rotatable bonds is 3. The molecule has 0 saturated carbocycles. The van der Waals surface area contributed by atoms with Crippen LogP contribution in [0.2, 0.25) is 0 Å². The Morgan fingerprint density at radius 1 is 1.24 bits per heavy atom. The van der Waals surface area contributed by atoms with Crippen LogP contribution in [0.3, 0.4) is 0 Å². The maximum atomic E-state index is 11.8. The van der Waals surface area contributed by atoms with Gasteiger partial charge in [0.25, 0.3) is 5.69 Å². The second kappa shape index (κ2) is 6.27. The van der Waals surface area contributed by atoms with Crippen molar-refractivity contribution >= 4 is 30.1 Å². The number of hydrogen-bond acceptors (Lipinski definition) is 5. The van der Waals surface area contributed by atoms with Crippen LogP contribution in [0.1, 0.15) is 5.56 Å². The van der Waals surface area contributed by atoms with Gasteiger partial charge in [0.1, 0.15) is 5.75 Å². The van der Waals surface area contributed by atoms with Crippen molar-refractivity contribution in [1.82, 2.24) is 0 Å². The van der Waals surface area contributed by atoms with Crippen molar-refractivity contribution in [2.75, 3.05) is 5.32 Å². The van der Waals surface area contributed by atoms with Crippen molar-refractivity contribution in [2.45, 2.75) is 11.8 Å². The number of non-ortho nitro benzene ring substituents is 1. The van der Waals surface area contributed by atoms with Crippen LogP contribution >= 0.6 is 12.6 Å². The Balaban J connectivity index is 2.04. The molecule has 0 aliphatic heterocycles. The average Bonchev–Trinajstić information content (AvgIpc) is 2.43. The van der Waals surface area contributed by atoms with E-state index in [1.807, 2.05) is 19.1 Å². The number of amides is 1. The number of nitrogens with one attached hydrogen (secondary N) is 1. The van der Waals surface area contributed by atoms with E-state index in [9.17, 15) is 14.9 Å². The van der Waals surface area contributed by atoms with E-state index >= 15 is 0 Å². The summed E-state index contributed by atoms with van der Waals surface area (Å²) in [6, 6.07) is 10.6. The molecule has 0 aromatic heterocycles. The highest BCUT2D eigenvalue weighted by molar-refractivity contribution is 7.80. The third kappa shape index (κ3) is 3.96. The summed E-state index contributed by atoms with van der Waals surface area (Å²) in [6.45, 7) is 1.84. The van der Waals surface area contributed by atoms with Crippen molar-refractivity contribution in [1.29, 1.82) is 0 Å². The zero-order valence-electron chi connectivity index (χ0n) is 11.1. The highest BCUT2D eigenvalue weighted by atomic mass is 32.1. The molecule has 1 amide bonds. The number of nitro groups is 1. The summed E-state index contributed by atoms with van der Waals surface area (Å²) in [5.74, 6) is 0.220. The standard InChI is InChI=1S/C14H12N2O4S/c1-9-2-7-12(21)8-13(9)15-14(17)20-11-5-3-10(4-6-11)16(18)19/h2-8,21H,1H3,(H,15,17). The minimum absolute atomic E-state index is 0.0682. The Kier molecular flexibility index (Phi) is 4.44. The molecule has 0 saturated heterocycles. The SMILES string of the molecule is Cc1ccc(S)cc1NC(=O)Oc1ccc([N+](=O)[O-])cc1. The van der Waals surface area contributed by atoms with Gasteiger partial charge in [0, 0.05) is 22.7 Å². The Morgan fingerprint density at radius 3 is 2.52 bits per heavy atom. The van der Waals surface area contributed by atoms with Gasteiger partial charge in [-0.25, -0.2) is 4.79 Å². The van der Waals surface area contributed by atoms with E-state index in [4.69, 9.17) is 4.74 Å². The number of carbonyl (C=O) groups excluding carboxylic acids is 1. The lowest BCUT2D eigenvalue weighted by Gasteiger charge is -2.09. The van der Waals surface area contributed by atoms with Gasteiger partial charge < -0.3 is 4.74 Å². The lowest BCUT2D eigenvalue weighted by atomic mass is 10.2. The number of nitrogens with zero attached hydrogens (tertiary/aromatic N) is 1. The van der Waals surface area contributed by atoms with Crippen LogP contribution < -0.4 is 10.1 Å². The van der Waals surface area contributed by atoms with Gasteiger partial charge in [0.15, 0.2) is 0 Å². The molecule has 1 N–H and O–H groups in total. The zero-order valence-corrected chi connectivity index (χ0v) is 12.0. The molecular formula is C14H12N2O4S. The van der Waals surface area contributed by atoms with E-state index in [-0.39, 0.29) is 11.4 Å². The molecule has 0 fully saturated rings. The number of aryl methyl sites for hydroxylation is 1. The minimum Gasteiger partial charge on any atom is -0.410 e. The van der Waals surface area contributed by atoms with Gasteiger partial charge in [-0.15, -0.1) is 12.6 Å². The Hall–Kier alpha value is -2.54. The average molecular weight is 304 g/mol. The third-order valence-electron chi connectivity index (χ3n) is 2.72. The third-order valence-corrected chi connectivity index (χ3v) is 2.99. The van der Waals surface area contributed by atoms with Crippen LogP contribution in [0.4, 0.5) is 16.2 Å². The molecule has 2 rings (SSSR count). The van der Waals surface area contributed by atoms with Crippen LogP contribution in [-0.2, 0) is 0 Å². The van der Waals surface area contributed by atoms with E-state index in [0.717, 1.165) is 5.56 Å². The van der Waals surface area contributed by atoms with Gasteiger partial charge >= 0.3 is 6.09 Å². The van der Waals surface area contributed by atoms with Crippen LogP contribution in [-0.4, -0.2) is 11.0 Å². The number of anilines is 1. The predicted octanol–water partition coefficient (Wildman–Crippen LogP) is 3.80. The molecule has 0 heterocycles. The monoisotopic (exact) mass is 304 g/mol. The number of benzene rings is 2. The van der Waals surface area contributed by atoms with Gasteiger partial charge in [0.2, 0.25) is 0 Å². The molecule has 0 spiro atoms.